The molecular weight excluding hydrogens is 440 g/mol. The molecule has 168 valence electrons. The molecule has 4 amide bonds. The van der Waals surface area contributed by atoms with Crippen molar-refractivity contribution in [2.24, 2.45) is 0 Å². The van der Waals surface area contributed by atoms with Crippen LogP contribution >= 0.6 is 11.3 Å². The van der Waals surface area contributed by atoms with Gasteiger partial charge in [-0.1, -0.05) is 6.58 Å². The Balaban J connectivity index is 1.47. The molecule has 2 aliphatic heterocycles. The van der Waals surface area contributed by atoms with E-state index in [1.54, 1.807) is 46.3 Å². The third kappa shape index (κ3) is 3.68. The SMILES string of the molecule is C=CC(=O)N1CCCC(NC(=O)c2sc3nccc4c3c2NC(=O)N4c2ccc(N)cc2)C1. The second kappa shape index (κ2) is 8.21. The molecule has 0 spiro atoms. The molecule has 1 atom stereocenters. The molecule has 2 aromatic heterocycles. The fourth-order valence-electron chi connectivity index (χ4n) is 4.30. The summed E-state index contributed by atoms with van der Waals surface area (Å²) in [5.74, 6) is -0.437. The molecule has 0 aliphatic carbocycles. The summed E-state index contributed by atoms with van der Waals surface area (Å²) in [4.78, 5) is 46.9. The maximum atomic E-state index is 13.2. The number of rotatable bonds is 4. The summed E-state index contributed by atoms with van der Waals surface area (Å²) in [7, 11) is 0. The highest BCUT2D eigenvalue weighted by Crippen LogP contribution is 2.45. The number of pyridine rings is 1. The summed E-state index contributed by atoms with van der Waals surface area (Å²) in [5.41, 5.74) is 8.16. The van der Waals surface area contributed by atoms with Crippen LogP contribution in [0.3, 0.4) is 0 Å². The molecule has 5 rings (SSSR count). The van der Waals surface area contributed by atoms with Crippen molar-refractivity contribution in [2.45, 2.75) is 18.9 Å². The van der Waals surface area contributed by atoms with E-state index in [0.29, 0.717) is 45.5 Å². The molecule has 1 saturated heterocycles. The van der Waals surface area contributed by atoms with E-state index in [2.05, 4.69) is 22.2 Å². The van der Waals surface area contributed by atoms with Crippen molar-refractivity contribution in [3.05, 3.63) is 54.1 Å². The second-order valence-electron chi connectivity index (χ2n) is 7.97. The van der Waals surface area contributed by atoms with Crippen molar-refractivity contribution in [1.29, 1.82) is 0 Å². The number of piperidine rings is 1. The zero-order chi connectivity index (χ0) is 23.1. The van der Waals surface area contributed by atoms with Crippen molar-refractivity contribution in [2.75, 3.05) is 29.0 Å². The van der Waals surface area contributed by atoms with Gasteiger partial charge in [0.05, 0.1) is 22.4 Å². The Bertz CT molecular complexity index is 1290. The first kappa shape index (κ1) is 21.0. The van der Waals surface area contributed by atoms with E-state index >= 15 is 0 Å². The lowest BCUT2D eigenvalue weighted by Crippen LogP contribution is -2.49. The predicted octanol–water partition coefficient (Wildman–Crippen LogP) is 3.47. The van der Waals surface area contributed by atoms with Crippen LogP contribution in [0.25, 0.3) is 10.2 Å². The number of thiophene rings is 1. The third-order valence-corrected chi connectivity index (χ3v) is 6.94. The zero-order valence-corrected chi connectivity index (χ0v) is 18.5. The molecule has 4 heterocycles. The van der Waals surface area contributed by atoms with E-state index in [9.17, 15) is 14.4 Å². The summed E-state index contributed by atoms with van der Waals surface area (Å²) in [5, 5.41) is 6.62. The first-order valence-electron chi connectivity index (χ1n) is 10.6. The molecule has 4 N–H and O–H groups in total. The third-order valence-electron chi connectivity index (χ3n) is 5.85. The van der Waals surface area contributed by atoms with Gasteiger partial charge in [0.25, 0.3) is 5.91 Å². The van der Waals surface area contributed by atoms with E-state index < -0.39 is 0 Å². The van der Waals surface area contributed by atoms with Gasteiger partial charge < -0.3 is 21.3 Å². The Labute approximate surface area is 193 Å². The standard InChI is InChI=1S/C23H22N6O3S/c1-2-17(30)28-11-3-4-14(12-28)26-21(31)20-19-18-16(9-10-25-22(18)33-20)29(23(32)27-19)15-7-5-13(24)6-8-15/h2,5-10,14H,1,3-4,11-12,24H2,(H,26,31)(H,27,32). The van der Waals surface area contributed by atoms with Crippen LogP contribution in [0.5, 0.6) is 0 Å². The number of carbonyl (C=O) groups excluding carboxylic acids is 3. The molecule has 3 aromatic rings. The maximum absolute atomic E-state index is 13.2. The molecule has 2 aliphatic rings. The molecule has 1 unspecified atom stereocenters. The van der Waals surface area contributed by atoms with Gasteiger partial charge in [-0.2, -0.15) is 0 Å². The quantitative estimate of drug-likeness (QED) is 0.405. The second-order valence-corrected chi connectivity index (χ2v) is 8.97. The Hall–Kier alpha value is -3.92. The number of benzene rings is 1. The monoisotopic (exact) mass is 462 g/mol. The molecule has 9 nitrogen and oxygen atoms in total. The van der Waals surface area contributed by atoms with Gasteiger partial charge in [-0.3, -0.25) is 14.5 Å². The molecule has 0 bridgehead atoms. The smallest absolute Gasteiger partial charge is 0.331 e. The molecule has 0 saturated carbocycles. The summed E-state index contributed by atoms with van der Waals surface area (Å²) in [6, 6.07) is 8.21. The van der Waals surface area contributed by atoms with Crippen molar-refractivity contribution >= 4 is 62.1 Å². The topological polar surface area (TPSA) is 121 Å². The summed E-state index contributed by atoms with van der Waals surface area (Å²) in [6.07, 6.45) is 4.48. The highest BCUT2D eigenvalue weighted by Gasteiger charge is 2.33. The molecule has 10 heteroatoms. The average Bonchev–Trinajstić information content (AvgIpc) is 3.19. The number of hydrogen-bond donors (Lipinski definition) is 3. The zero-order valence-electron chi connectivity index (χ0n) is 17.7. The lowest BCUT2D eigenvalue weighted by molar-refractivity contribution is -0.127. The molecule has 1 fully saturated rings. The molecular formula is C23H22N6O3S. The Morgan fingerprint density at radius 2 is 2.06 bits per heavy atom. The Kier molecular flexibility index (Phi) is 5.21. The number of nitrogen functional groups attached to an aromatic ring is 1. The van der Waals surface area contributed by atoms with Crippen LogP contribution in [0.4, 0.5) is 27.5 Å². The van der Waals surface area contributed by atoms with Gasteiger partial charge >= 0.3 is 6.03 Å². The van der Waals surface area contributed by atoms with Crippen LogP contribution in [0.1, 0.15) is 22.5 Å². The van der Waals surface area contributed by atoms with Gasteiger partial charge in [0.1, 0.15) is 9.71 Å². The minimum absolute atomic E-state index is 0.144. The van der Waals surface area contributed by atoms with E-state index in [1.807, 2.05) is 0 Å². The normalized spacial score (nSPS) is 17.6. The summed E-state index contributed by atoms with van der Waals surface area (Å²) in [6.45, 7) is 4.61. The van der Waals surface area contributed by atoms with Crippen molar-refractivity contribution in [3.8, 4) is 0 Å². The number of anilines is 4. The van der Waals surface area contributed by atoms with E-state index in [0.717, 1.165) is 18.2 Å². The number of likely N-dealkylation sites (tertiary alicyclic amines) is 1. The minimum Gasteiger partial charge on any atom is -0.399 e. The number of amides is 4. The van der Waals surface area contributed by atoms with E-state index in [1.165, 1.54) is 17.4 Å². The van der Waals surface area contributed by atoms with Gasteiger partial charge in [-0.25, -0.2) is 9.78 Å². The first-order chi connectivity index (χ1) is 16.0. The number of nitrogens with one attached hydrogen (secondary N) is 2. The fraction of sp³-hybridized carbons (Fsp3) is 0.217. The lowest BCUT2D eigenvalue weighted by Gasteiger charge is -2.32. The van der Waals surface area contributed by atoms with Crippen LogP contribution in [-0.2, 0) is 4.79 Å². The van der Waals surface area contributed by atoms with Crippen LogP contribution in [0.15, 0.2) is 49.2 Å². The van der Waals surface area contributed by atoms with Crippen molar-refractivity contribution in [3.63, 3.8) is 0 Å². The molecule has 0 radical (unpaired) electrons. The minimum atomic E-state index is -0.368. The highest BCUT2D eigenvalue weighted by atomic mass is 32.1. The number of hydrogen-bond acceptors (Lipinski definition) is 6. The fourth-order valence-corrected chi connectivity index (χ4v) is 5.32. The predicted molar refractivity (Wildman–Crippen MR) is 129 cm³/mol. The molecule has 1 aromatic carbocycles. The van der Waals surface area contributed by atoms with Gasteiger partial charge in [-0.05, 0) is 49.2 Å². The van der Waals surface area contributed by atoms with Gasteiger partial charge in [0.15, 0.2) is 0 Å². The van der Waals surface area contributed by atoms with Gasteiger partial charge in [0.2, 0.25) is 5.91 Å². The number of nitrogens with two attached hydrogens (primary N) is 1. The highest BCUT2D eigenvalue weighted by molar-refractivity contribution is 7.21. The van der Waals surface area contributed by atoms with Crippen LogP contribution in [0.2, 0.25) is 0 Å². The lowest BCUT2D eigenvalue weighted by atomic mass is 10.1. The Morgan fingerprint density at radius 3 is 2.82 bits per heavy atom. The number of nitrogens with zero attached hydrogens (tertiary/aromatic N) is 3. The van der Waals surface area contributed by atoms with E-state index in [-0.39, 0.29) is 23.9 Å². The Morgan fingerprint density at radius 1 is 1.27 bits per heavy atom. The van der Waals surface area contributed by atoms with E-state index in [4.69, 9.17) is 5.73 Å². The number of urea groups is 1. The number of carbonyl (C=O) groups is 3. The van der Waals surface area contributed by atoms with Crippen LogP contribution in [0, 0.1) is 0 Å². The van der Waals surface area contributed by atoms with Crippen molar-refractivity contribution < 1.29 is 14.4 Å². The first-order valence-corrected chi connectivity index (χ1v) is 11.4. The van der Waals surface area contributed by atoms with Crippen molar-refractivity contribution in [1.82, 2.24) is 15.2 Å². The van der Waals surface area contributed by atoms with Gasteiger partial charge in [0, 0.05) is 31.0 Å². The van der Waals surface area contributed by atoms with Gasteiger partial charge in [-0.15, -0.1) is 11.3 Å². The van der Waals surface area contributed by atoms with Crippen LogP contribution in [-0.4, -0.2) is 46.9 Å². The number of aromatic nitrogens is 1. The summed E-state index contributed by atoms with van der Waals surface area (Å²) >= 11 is 1.23. The van der Waals surface area contributed by atoms with Crippen LogP contribution < -0.4 is 21.3 Å². The summed E-state index contributed by atoms with van der Waals surface area (Å²) < 4.78 is 0. The average molecular weight is 463 g/mol. The maximum Gasteiger partial charge on any atom is 0.331 e. The molecule has 33 heavy (non-hydrogen) atoms. The largest absolute Gasteiger partial charge is 0.399 e.